The molecule has 112 valence electrons. The summed E-state index contributed by atoms with van der Waals surface area (Å²) < 4.78 is 27.0. The van der Waals surface area contributed by atoms with Crippen LogP contribution in [0.5, 0.6) is 0 Å². The first kappa shape index (κ1) is 15.9. The minimum Gasteiger partial charge on any atom is -0.370 e. The molecule has 0 spiro atoms. The van der Waals surface area contributed by atoms with E-state index >= 15 is 0 Å². The van der Waals surface area contributed by atoms with Crippen LogP contribution in [0.2, 0.25) is 0 Å². The Morgan fingerprint density at radius 3 is 2.85 bits per heavy atom. The number of sulfonamides is 1. The molecule has 0 aliphatic carbocycles. The molecular formula is C12H19N3O2S3. The second-order valence-electron chi connectivity index (χ2n) is 4.33. The molecule has 1 aromatic rings. The monoisotopic (exact) mass is 333 g/mol. The van der Waals surface area contributed by atoms with Crippen molar-refractivity contribution in [2.75, 3.05) is 35.7 Å². The van der Waals surface area contributed by atoms with Crippen molar-refractivity contribution in [2.45, 2.75) is 17.1 Å². The standard InChI is InChI=1S/C12H19N3O2S3/c1-2-13-12-4-3-11(8-14-12)20(16,17)15-7-10-9-18-5-6-19-10/h3-4,8,10,15H,2,5-7,9H2,1H3,(H,13,14). The Bertz CT molecular complexity index is 513. The van der Waals surface area contributed by atoms with Gasteiger partial charge in [0.05, 0.1) is 0 Å². The van der Waals surface area contributed by atoms with E-state index in [1.807, 2.05) is 30.4 Å². The lowest BCUT2D eigenvalue weighted by Gasteiger charge is -2.21. The Labute approximate surface area is 128 Å². The van der Waals surface area contributed by atoms with Crippen molar-refractivity contribution in [1.82, 2.24) is 9.71 Å². The molecule has 8 heteroatoms. The van der Waals surface area contributed by atoms with Crippen LogP contribution in [0.1, 0.15) is 6.92 Å². The Morgan fingerprint density at radius 1 is 1.40 bits per heavy atom. The lowest BCUT2D eigenvalue weighted by Crippen LogP contribution is -2.33. The maximum Gasteiger partial charge on any atom is 0.242 e. The average Bonchev–Trinajstić information content (AvgIpc) is 2.47. The van der Waals surface area contributed by atoms with Gasteiger partial charge in [0.1, 0.15) is 10.7 Å². The Kier molecular flexibility index (Phi) is 6.01. The smallest absolute Gasteiger partial charge is 0.242 e. The number of nitrogens with zero attached hydrogens (tertiary/aromatic N) is 1. The molecule has 0 aromatic carbocycles. The number of anilines is 1. The lowest BCUT2D eigenvalue weighted by molar-refractivity contribution is 0.581. The molecule has 0 radical (unpaired) electrons. The number of nitrogens with one attached hydrogen (secondary N) is 2. The van der Waals surface area contributed by atoms with Crippen molar-refractivity contribution in [3.63, 3.8) is 0 Å². The molecule has 1 fully saturated rings. The fourth-order valence-corrected chi connectivity index (χ4v) is 5.51. The molecule has 2 rings (SSSR count). The third-order valence-electron chi connectivity index (χ3n) is 2.79. The molecule has 0 saturated carbocycles. The largest absolute Gasteiger partial charge is 0.370 e. The van der Waals surface area contributed by atoms with Gasteiger partial charge in [-0.15, -0.1) is 0 Å². The summed E-state index contributed by atoms with van der Waals surface area (Å²) >= 11 is 3.72. The fraction of sp³-hybridized carbons (Fsp3) is 0.583. The van der Waals surface area contributed by atoms with E-state index in [1.165, 1.54) is 6.20 Å². The molecule has 2 N–H and O–H groups in total. The summed E-state index contributed by atoms with van der Waals surface area (Å²) in [6, 6.07) is 3.26. The molecule has 0 bridgehead atoms. The van der Waals surface area contributed by atoms with Gasteiger partial charge in [-0.2, -0.15) is 23.5 Å². The second-order valence-corrected chi connectivity index (χ2v) is 8.65. The van der Waals surface area contributed by atoms with Crippen molar-refractivity contribution < 1.29 is 8.42 Å². The summed E-state index contributed by atoms with van der Waals surface area (Å²) in [5.74, 6) is 3.94. The number of hydrogen-bond donors (Lipinski definition) is 2. The van der Waals surface area contributed by atoms with E-state index in [2.05, 4.69) is 15.0 Å². The van der Waals surface area contributed by atoms with Gasteiger partial charge in [-0.05, 0) is 19.1 Å². The van der Waals surface area contributed by atoms with Gasteiger partial charge in [0.15, 0.2) is 0 Å². The van der Waals surface area contributed by atoms with Crippen molar-refractivity contribution in [3.8, 4) is 0 Å². The molecule has 1 aliphatic rings. The van der Waals surface area contributed by atoms with Crippen LogP contribution in [0.15, 0.2) is 23.2 Å². The molecule has 1 unspecified atom stereocenters. The highest BCUT2D eigenvalue weighted by molar-refractivity contribution is 8.06. The van der Waals surface area contributed by atoms with Gasteiger partial charge in [-0.1, -0.05) is 0 Å². The summed E-state index contributed by atoms with van der Waals surface area (Å²) in [6.07, 6.45) is 1.39. The number of pyridine rings is 1. The zero-order valence-electron chi connectivity index (χ0n) is 11.3. The van der Waals surface area contributed by atoms with Gasteiger partial charge < -0.3 is 5.32 Å². The highest BCUT2D eigenvalue weighted by Gasteiger charge is 2.19. The van der Waals surface area contributed by atoms with Crippen LogP contribution in [0.3, 0.4) is 0 Å². The van der Waals surface area contributed by atoms with Gasteiger partial charge in [-0.25, -0.2) is 18.1 Å². The third-order valence-corrected chi connectivity index (χ3v) is 7.04. The highest BCUT2D eigenvalue weighted by Crippen LogP contribution is 2.23. The van der Waals surface area contributed by atoms with Crippen LogP contribution in [0.4, 0.5) is 5.82 Å². The summed E-state index contributed by atoms with van der Waals surface area (Å²) in [5.41, 5.74) is 0. The topological polar surface area (TPSA) is 71.1 Å². The van der Waals surface area contributed by atoms with E-state index in [-0.39, 0.29) is 4.90 Å². The predicted octanol–water partition coefficient (Wildman–Crippen LogP) is 1.64. The minimum atomic E-state index is -3.45. The van der Waals surface area contributed by atoms with E-state index in [9.17, 15) is 8.42 Å². The number of rotatable bonds is 6. The molecule has 1 aromatic heterocycles. The van der Waals surface area contributed by atoms with Gasteiger partial charge in [0.2, 0.25) is 10.0 Å². The Balaban J connectivity index is 1.94. The van der Waals surface area contributed by atoms with Crippen molar-refractivity contribution in [2.24, 2.45) is 0 Å². The summed E-state index contributed by atoms with van der Waals surface area (Å²) in [6.45, 7) is 3.20. The molecule has 1 atom stereocenters. The van der Waals surface area contributed by atoms with Gasteiger partial charge in [-0.3, -0.25) is 0 Å². The Morgan fingerprint density at radius 2 is 2.25 bits per heavy atom. The highest BCUT2D eigenvalue weighted by atomic mass is 32.2. The summed E-state index contributed by atoms with van der Waals surface area (Å²) in [4.78, 5) is 4.31. The number of hydrogen-bond acceptors (Lipinski definition) is 6. The fourth-order valence-electron chi connectivity index (χ4n) is 1.77. The predicted molar refractivity (Wildman–Crippen MR) is 87.2 cm³/mol. The molecular weight excluding hydrogens is 314 g/mol. The van der Waals surface area contributed by atoms with Gasteiger partial charge in [0.25, 0.3) is 0 Å². The average molecular weight is 334 g/mol. The minimum absolute atomic E-state index is 0.215. The maximum atomic E-state index is 12.2. The van der Waals surface area contributed by atoms with E-state index in [1.54, 1.807) is 12.1 Å². The quantitative estimate of drug-likeness (QED) is 0.825. The molecule has 20 heavy (non-hydrogen) atoms. The first-order valence-electron chi connectivity index (χ1n) is 6.51. The van der Waals surface area contributed by atoms with Crippen molar-refractivity contribution in [1.29, 1.82) is 0 Å². The normalized spacial score (nSPS) is 19.8. The number of aromatic nitrogens is 1. The third kappa shape index (κ3) is 4.54. The summed E-state index contributed by atoms with van der Waals surface area (Å²) in [5, 5.41) is 3.40. The summed E-state index contributed by atoms with van der Waals surface area (Å²) in [7, 11) is -3.45. The molecule has 1 aliphatic heterocycles. The van der Waals surface area contributed by atoms with Crippen LogP contribution in [0, 0.1) is 0 Å². The van der Waals surface area contributed by atoms with Gasteiger partial charge >= 0.3 is 0 Å². The van der Waals surface area contributed by atoms with E-state index < -0.39 is 10.0 Å². The van der Waals surface area contributed by atoms with Gasteiger partial charge in [0, 0.05) is 41.8 Å². The molecule has 1 saturated heterocycles. The first-order valence-corrected chi connectivity index (χ1v) is 10.2. The van der Waals surface area contributed by atoms with E-state index in [4.69, 9.17) is 0 Å². The van der Waals surface area contributed by atoms with E-state index in [0.29, 0.717) is 17.6 Å². The molecule has 5 nitrogen and oxygen atoms in total. The zero-order valence-corrected chi connectivity index (χ0v) is 13.8. The molecule has 2 heterocycles. The van der Waals surface area contributed by atoms with Crippen molar-refractivity contribution in [3.05, 3.63) is 18.3 Å². The zero-order chi connectivity index (χ0) is 14.4. The van der Waals surface area contributed by atoms with Crippen LogP contribution in [-0.2, 0) is 10.0 Å². The Hall–Kier alpha value is -0.440. The van der Waals surface area contributed by atoms with E-state index in [0.717, 1.165) is 23.8 Å². The second kappa shape index (κ2) is 7.53. The number of thioether (sulfide) groups is 2. The SMILES string of the molecule is CCNc1ccc(S(=O)(=O)NCC2CSCCS2)cn1. The lowest BCUT2D eigenvalue weighted by atomic mass is 10.4. The molecule has 0 amide bonds. The van der Waals surface area contributed by atoms with Crippen LogP contribution in [0.25, 0.3) is 0 Å². The van der Waals surface area contributed by atoms with Crippen molar-refractivity contribution >= 4 is 39.4 Å². The van der Waals surface area contributed by atoms with Crippen LogP contribution >= 0.6 is 23.5 Å². The van der Waals surface area contributed by atoms with Crippen LogP contribution < -0.4 is 10.0 Å². The maximum absolute atomic E-state index is 12.2. The first-order chi connectivity index (χ1) is 9.62. The van der Waals surface area contributed by atoms with Crippen LogP contribution in [-0.4, -0.2) is 49.0 Å².